The Bertz CT molecular complexity index is 1610. The molecule has 5 aromatic rings. The monoisotopic (exact) mass is 500 g/mol. The van der Waals surface area contributed by atoms with E-state index in [9.17, 15) is 4.79 Å². The van der Waals surface area contributed by atoms with E-state index in [4.69, 9.17) is 32.9 Å². The number of carbonyl (C=O) groups excluding carboxylic acids is 1. The van der Waals surface area contributed by atoms with Crippen LogP contribution in [0.5, 0.6) is 5.75 Å². The van der Waals surface area contributed by atoms with Crippen molar-refractivity contribution >= 4 is 40.5 Å². The first-order valence-corrected chi connectivity index (χ1v) is 11.5. The summed E-state index contributed by atoms with van der Waals surface area (Å²) in [6.45, 7) is 4.07. The van der Waals surface area contributed by atoms with Crippen molar-refractivity contribution in [2.75, 3.05) is 7.11 Å². The molecule has 0 atom stereocenters. The summed E-state index contributed by atoms with van der Waals surface area (Å²) in [7, 11) is 3.46. The number of rotatable bonds is 5. The van der Waals surface area contributed by atoms with Crippen molar-refractivity contribution < 1.29 is 9.53 Å². The first kappa shape index (κ1) is 23.1. The summed E-state index contributed by atoms with van der Waals surface area (Å²) < 4.78 is 7.30. The standard InChI is InChI=1S/C28H20Cl2N3O2/c1-16-14-33(2)28-19(16)9-10-23(32-28)22-6-4-5-20(25(22)29)21-11-12-31-27(26(21)30)17-7-8-18(15-34)24(13-17)35-3/h4-15H,1H2,2-3H3. The van der Waals surface area contributed by atoms with Gasteiger partial charge in [0, 0.05) is 47.1 Å². The van der Waals surface area contributed by atoms with Crippen molar-refractivity contribution in [2.24, 2.45) is 7.05 Å². The van der Waals surface area contributed by atoms with Crippen LogP contribution in [0, 0.1) is 6.92 Å². The number of carbonyl (C=O) groups is 1. The highest BCUT2D eigenvalue weighted by molar-refractivity contribution is 6.39. The molecule has 0 aliphatic rings. The van der Waals surface area contributed by atoms with Crippen molar-refractivity contribution in [1.82, 2.24) is 14.5 Å². The van der Waals surface area contributed by atoms with Gasteiger partial charge in [-0.2, -0.15) is 0 Å². The topological polar surface area (TPSA) is 57.0 Å². The Labute approximate surface area is 212 Å². The van der Waals surface area contributed by atoms with Gasteiger partial charge in [0.2, 0.25) is 0 Å². The summed E-state index contributed by atoms with van der Waals surface area (Å²) in [6.07, 6.45) is 4.39. The predicted molar refractivity (Wildman–Crippen MR) is 141 cm³/mol. The average Bonchev–Trinajstić information content (AvgIpc) is 3.16. The number of halogens is 2. The molecule has 0 saturated heterocycles. The molecule has 5 rings (SSSR count). The Hall–Kier alpha value is -3.67. The summed E-state index contributed by atoms with van der Waals surface area (Å²) in [5, 5.41) is 1.98. The Balaban J connectivity index is 1.63. The molecule has 3 aromatic heterocycles. The van der Waals surface area contributed by atoms with Crippen molar-refractivity contribution in [1.29, 1.82) is 0 Å². The van der Waals surface area contributed by atoms with Gasteiger partial charge in [0.1, 0.15) is 11.4 Å². The van der Waals surface area contributed by atoms with Crippen LogP contribution in [-0.4, -0.2) is 27.9 Å². The molecule has 0 amide bonds. The molecule has 0 unspecified atom stereocenters. The molecular formula is C28H20Cl2N3O2. The number of nitrogens with zero attached hydrogens (tertiary/aromatic N) is 3. The SMILES string of the molecule is [CH2]c1cn(C)c2nc(-c3cccc(-c4ccnc(-c5ccc(C=O)c(OC)c5)c4Cl)c3Cl)ccc12. The quantitative estimate of drug-likeness (QED) is 0.238. The third kappa shape index (κ3) is 3.97. The molecule has 0 N–H and O–H groups in total. The molecule has 2 aromatic carbocycles. The molecule has 35 heavy (non-hydrogen) atoms. The number of hydrogen-bond acceptors (Lipinski definition) is 4. The highest BCUT2D eigenvalue weighted by Crippen LogP contribution is 2.42. The van der Waals surface area contributed by atoms with E-state index in [0.717, 1.165) is 50.8 Å². The minimum Gasteiger partial charge on any atom is -0.496 e. The molecule has 173 valence electrons. The van der Waals surface area contributed by atoms with Gasteiger partial charge < -0.3 is 9.30 Å². The third-order valence-corrected chi connectivity index (χ3v) is 6.78. The van der Waals surface area contributed by atoms with E-state index in [1.54, 1.807) is 24.4 Å². The van der Waals surface area contributed by atoms with E-state index >= 15 is 0 Å². The summed E-state index contributed by atoms with van der Waals surface area (Å²) in [5.41, 5.74) is 6.56. The van der Waals surface area contributed by atoms with Gasteiger partial charge in [0.05, 0.1) is 34.1 Å². The fraction of sp³-hybridized carbons (Fsp3) is 0.0714. The highest BCUT2D eigenvalue weighted by Gasteiger charge is 2.18. The Morgan fingerprint density at radius 1 is 1.00 bits per heavy atom. The van der Waals surface area contributed by atoms with Crippen LogP contribution in [-0.2, 0) is 7.05 Å². The molecular weight excluding hydrogens is 481 g/mol. The second-order valence-electron chi connectivity index (χ2n) is 8.10. The van der Waals surface area contributed by atoms with Gasteiger partial charge in [-0.15, -0.1) is 0 Å². The molecule has 0 aliphatic heterocycles. The van der Waals surface area contributed by atoms with Crippen molar-refractivity contribution in [3.05, 3.63) is 95.1 Å². The fourth-order valence-corrected chi connectivity index (χ4v) is 4.88. The normalized spacial score (nSPS) is 11.1. The summed E-state index contributed by atoms with van der Waals surface area (Å²) >= 11 is 13.8. The molecule has 1 radical (unpaired) electrons. The Kier molecular flexibility index (Phi) is 6.05. The lowest BCUT2D eigenvalue weighted by Crippen LogP contribution is -1.94. The van der Waals surface area contributed by atoms with Gasteiger partial charge in [-0.25, -0.2) is 4.98 Å². The lowest BCUT2D eigenvalue weighted by atomic mass is 9.99. The zero-order chi connectivity index (χ0) is 24.7. The predicted octanol–water partition coefficient (Wildman–Crippen LogP) is 7.28. The van der Waals surface area contributed by atoms with E-state index < -0.39 is 0 Å². The Morgan fingerprint density at radius 2 is 1.77 bits per heavy atom. The van der Waals surface area contributed by atoms with Crippen LogP contribution < -0.4 is 4.74 Å². The molecule has 0 spiro atoms. The molecule has 0 saturated carbocycles. The smallest absolute Gasteiger partial charge is 0.153 e. The fourth-order valence-electron chi connectivity index (χ4n) is 4.23. The van der Waals surface area contributed by atoms with Gasteiger partial charge >= 0.3 is 0 Å². The maximum atomic E-state index is 11.3. The molecule has 3 heterocycles. The van der Waals surface area contributed by atoms with Crippen molar-refractivity contribution in [3.63, 3.8) is 0 Å². The number of aryl methyl sites for hydroxylation is 1. The second kappa shape index (κ2) is 9.17. The molecule has 0 fully saturated rings. The van der Waals surface area contributed by atoms with E-state index in [-0.39, 0.29) is 0 Å². The zero-order valence-corrected chi connectivity index (χ0v) is 20.6. The molecule has 0 aliphatic carbocycles. The third-order valence-electron chi connectivity index (χ3n) is 5.99. The van der Waals surface area contributed by atoms with Gasteiger partial charge in [0.25, 0.3) is 0 Å². The van der Waals surface area contributed by atoms with E-state index in [0.29, 0.717) is 27.1 Å². The highest BCUT2D eigenvalue weighted by atomic mass is 35.5. The van der Waals surface area contributed by atoms with Crippen LogP contribution in [0.25, 0.3) is 44.7 Å². The number of pyridine rings is 2. The largest absolute Gasteiger partial charge is 0.496 e. The zero-order valence-electron chi connectivity index (χ0n) is 19.0. The Morgan fingerprint density at radius 3 is 2.54 bits per heavy atom. The summed E-state index contributed by atoms with van der Waals surface area (Å²) in [6, 6.07) is 16.8. The first-order valence-electron chi connectivity index (χ1n) is 10.8. The minimum atomic E-state index is 0.444. The number of aromatic nitrogens is 3. The summed E-state index contributed by atoms with van der Waals surface area (Å²) in [4.78, 5) is 20.6. The number of hydrogen-bond donors (Lipinski definition) is 0. The number of ether oxygens (including phenoxy) is 1. The number of aldehydes is 1. The van der Waals surface area contributed by atoms with Crippen LogP contribution in [0.3, 0.4) is 0 Å². The van der Waals surface area contributed by atoms with Gasteiger partial charge in [-0.05, 0) is 42.8 Å². The van der Waals surface area contributed by atoms with Crippen molar-refractivity contribution in [2.45, 2.75) is 0 Å². The van der Waals surface area contributed by atoms with Crippen LogP contribution >= 0.6 is 23.2 Å². The van der Waals surface area contributed by atoms with Crippen LogP contribution in [0.15, 0.2) is 67.0 Å². The molecule has 0 bridgehead atoms. The van der Waals surface area contributed by atoms with Crippen LogP contribution in [0.4, 0.5) is 0 Å². The average molecular weight is 501 g/mol. The minimum absolute atomic E-state index is 0.444. The van der Waals surface area contributed by atoms with Gasteiger partial charge in [-0.3, -0.25) is 9.78 Å². The van der Waals surface area contributed by atoms with E-state index in [2.05, 4.69) is 11.9 Å². The lowest BCUT2D eigenvalue weighted by molar-refractivity contribution is 0.112. The molecule has 7 heteroatoms. The maximum Gasteiger partial charge on any atom is 0.153 e. The van der Waals surface area contributed by atoms with Gasteiger partial charge in [-0.1, -0.05) is 47.5 Å². The van der Waals surface area contributed by atoms with Gasteiger partial charge in [0.15, 0.2) is 6.29 Å². The first-order chi connectivity index (χ1) is 16.9. The molecule has 5 nitrogen and oxygen atoms in total. The second-order valence-corrected chi connectivity index (χ2v) is 8.85. The lowest BCUT2D eigenvalue weighted by Gasteiger charge is -2.14. The number of methoxy groups -OCH3 is 1. The number of fused-ring (bicyclic) bond motifs is 1. The summed E-state index contributed by atoms with van der Waals surface area (Å²) in [5.74, 6) is 0.452. The van der Waals surface area contributed by atoms with E-state index in [1.807, 2.05) is 54.2 Å². The van der Waals surface area contributed by atoms with Crippen LogP contribution in [0.1, 0.15) is 15.9 Å². The van der Waals surface area contributed by atoms with E-state index in [1.165, 1.54) is 7.11 Å². The maximum absolute atomic E-state index is 11.3. The number of benzene rings is 2. The van der Waals surface area contributed by atoms with Crippen LogP contribution in [0.2, 0.25) is 10.0 Å². The van der Waals surface area contributed by atoms with Crippen molar-refractivity contribution in [3.8, 4) is 39.4 Å².